The Morgan fingerprint density at radius 2 is 1.57 bits per heavy atom. The summed E-state index contributed by atoms with van der Waals surface area (Å²) < 4.78 is 5.81. The maximum Gasteiger partial charge on any atom is 0.265 e. The molecule has 1 atom stereocenters. The Bertz CT molecular complexity index is 968. The van der Waals surface area contributed by atoms with Crippen molar-refractivity contribution in [2.75, 3.05) is 5.32 Å². The molecule has 0 spiro atoms. The van der Waals surface area contributed by atoms with Gasteiger partial charge >= 0.3 is 0 Å². The molecule has 0 aliphatic heterocycles. The van der Waals surface area contributed by atoms with E-state index in [1.54, 1.807) is 24.3 Å². The summed E-state index contributed by atoms with van der Waals surface area (Å²) in [5.74, 6) is 0.276. The standard InChI is InChI=1S/C25H26N2O3/c1-3-23(30-22-15-9-18(2)10-16-22)25(29)27-21-13-11-20(12-14-21)24(28)26-17-19-7-5-4-6-8-19/h4-16,23H,3,17H2,1-2H3,(H,26,28)(H,27,29). The number of carbonyl (C=O) groups is 2. The summed E-state index contributed by atoms with van der Waals surface area (Å²) >= 11 is 0. The highest BCUT2D eigenvalue weighted by molar-refractivity contribution is 5.97. The van der Waals surface area contributed by atoms with Gasteiger partial charge in [-0.3, -0.25) is 9.59 Å². The van der Waals surface area contributed by atoms with Crippen molar-refractivity contribution < 1.29 is 14.3 Å². The molecule has 30 heavy (non-hydrogen) atoms. The van der Waals surface area contributed by atoms with Crippen molar-refractivity contribution in [2.24, 2.45) is 0 Å². The molecule has 0 aromatic heterocycles. The highest BCUT2D eigenvalue weighted by atomic mass is 16.5. The molecule has 3 aromatic rings. The minimum Gasteiger partial charge on any atom is -0.481 e. The quantitative estimate of drug-likeness (QED) is 0.573. The average molecular weight is 402 g/mol. The van der Waals surface area contributed by atoms with Gasteiger partial charge in [-0.25, -0.2) is 0 Å². The van der Waals surface area contributed by atoms with E-state index in [1.807, 2.05) is 68.4 Å². The van der Waals surface area contributed by atoms with Crippen molar-refractivity contribution in [3.63, 3.8) is 0 Å². The molecule has 0 bridgehead atoms. The van der Waals surface area contributed by atoms with Crippen molar-refractivity contribution in [1.29, 1.82) is 0 Å². The van der Waals surface area contributed by atoms with Crippen molar-refractivity contribution in [1.82, 2.24) is 5.32 Å². The molecule has 0 heterocycles. The number of benzene rings is 3. The molecule has 0 fully saturated rings. The summed E-state index contributed by atoms with van der Waals surface area (Å²) in [6, 6.07) is 24.1. The second-order valence-electron chi connectivity index (χ2n) is 7.06. The first-order valence-electron chi connectivity index (χ1n) is 10.0. The summed E-state index contributed by atoms with van der Waals surface area (Å²) in [4.78, 5) is 24.9. The minimum atomic E-state index is -0.596. The molecule has 3 aromatic carbocycles. The number of aryl methyl sites for hydroxylation is 1. The number of rotatable bonds is 8. The van der Waals surface area contributed by atoms with Crippen LogP contribution in [-0.2, 0) is 11.3 Å². The van der Waals surface area contributed by atoms with Gasteiger partial charge in [-0.15, -0.1) is 0 Å². The molecule has 5 nitrogen and oxygen atoms in total. The van der Waals surface area contributed by atoms with Gasteiger partial charge in [0.15, 0.2) is 6.10 Å². The third-order valence-electron chi connectivity index (χ3n) is 4.67. The number of amides is 2. The van der Waals surface area contributed by atoms with Crippen molar-refractivity contribution >= 4 is 17.5 Å². The molecule has 0 saturated heterocycles. The van der Waals surface area contributed by atoms with Gasteiger partial charge in [-0.2, -0.15) is 0 Å². The fraction of sp³-hybridized carbons (Fsp3) is 0.200. The number of nitrogens with one attached hydrogen (secondary N) is 2. The predicted octanol–water partition coefficient (Wildman–Crippen LogP) is 4.72. The van der Waals surface area contributed by atoms with Crippen LogP contribution in [0.5, 0.6) is 5.75 Å². The zero-order chi connectivity index (χ0) is 21.3. The Kier molecular flexibility index (Phi) is 7.22. The van der Waals surface area contributed by atoms with E-state index < -0.39 is 6.10 Å². The van der Waals surface area contributed by atoms with Gasteiger partial charge in [-0.1, -0.05) is 55.0 Å². The minimum absolute atomic E-state index is 0.161. The zero-order valence-electron chi connectivity index (χ0n) is 17.2. The van der Waals surface area contributed by atoms with Crippen molar-refractivity contribution in [3.8, 4) is 5.75 Å². The molecule has 0 saturated carbocycles. The van der Waals surface area contributed by atoms with Gasteiger partial charge in [0.2, 0.25) is 0 Å². The summed E-state index contributed by atoms with van der Waals surface area (Å²) in [6.07, 6.45) is -0.0544. The molecule has 2 N–H and O–H groups in total. The van der Waals surface area contributed by atoms with E-state index in [-0.39, 0.29) is 11.8 Å². The average Bonchev–Trinajstić information content (AvgIpc) is 2.78. The van der Waals surface area contributed by atoms with Gasteiger partial charge in [0.25, 0.3) is 11.8 Å². The van der Waals surface area contributed by atoms with Crippen LogP contribution in [0.4, 0.5) is 5.69 Å². The van der Waals surface area contributed by atoms with E-state index in [0.29, 0.717) is 30.0 Å². The Balaban J connectivity index is 1.55. The van der Waals surface area contributed by atoms with Crippen LogP contribution >= 0.6 is 0 Å². The van der Waals surface area contributed by atoms with Crippen LogP contribution in [0.1, 0.15) is 34.8 Å². The highest BCUT2D eigenvalue weighted by Crippen LogP contribution is 2.16. The number of ether oxygens (including phenoxy) is 1. The lowest BCUT2D eigenvalue weighted by Gasteiger charge is -2.17. The summed E-state index contributed by atoms with van der Waals surface area (Å²) in [5.41, 5.74) is 3.32. The topological polar surface area (TPSA) is 67.4 Å². The Labute approximate surface area is 177 Å². The number of anilines is 1. The van der Waals surface area contributed by atoms with Crippen LogP contribution in [0.2, 0.25) is 0 Å². The second-order valence-corrected chi connectivity index (χ2v) is 7.06. The first kappa shape index (κ1) is 21.1. The lowest BCUT2D eigenvalue weighted by molar-refractivity contribution is -0.122. The third kappa shape index (κ3) is 5.95. The molecular weight excluding hydrogens is 376 g/mol. The highest BCUT2D eigenvalue weighted by Gasteiger charge is 2.18. The summed E-state index contributed by atoms with van der Waals surface area (Å²) in [6.45, 7) is 4.37. The lowest BCUT2D eigenvalue weighted by atomic mass is 10.1. The maximum atomic E-state index is 12.6. The van der Waals surface area contributed by atoms with Crippen LogP contribution in [0.15, 0.2) is 78.9 Å². The molecule has 2 amide bonds. The molecular formula is C25H26N2O3. The maximum absolute atomic E-state index is 12.6. The number of carbonyl (C=O) groups excluding carboxylic acids is 2. The molecule has 0 aliphatic carbocycles. The Morgan fingerprint density at radius 3 is 2.20 bits per heavy atom. The second kappa shape index (κ2) is 10.3. The summed E-state index contributed by atoms with van der Waals surface area (Å²) in [7, 11) is 0. The van der Waals surface area contributed by atoms with Crippen molar-refractivity contribution in [3.05, 3.63) is 95.6 Å². The van der Waals surface area contributed by atoms with E-state index in [4.69, 9.17) is 4.74 Å². The molecule has 154 valence electrons. The fourth-order valence-corrected chi connectivity index (χ4v) is 2.91. The van der Waals surface area contributed by atoms with Gasteiger partial charge in [0, 0.05) is 17.8 Å². The SMILES string of the molecule is CCC(Oc1ccc(C)cc1)C(=O)Nc1ccc(C(=O)NCc2ccccc2)cc1. The van der Waals surface area contributed by atoms with E-state index in [9.17, 15) is 9.59 Å². The van der Waals surface area contributed by atoms with E-state index in [2.05, 4.69) is 10.6 Å². The van der Waals surface area contributed by atoms with Crippen LogP contribution < -0.4 is 15.4 Å². The first-order chi connectivity index (χ1) is 14.5. The largest absolute Gasteiger partial charge is 0.481 e. The first-order valence-corrected chi connectivity index (χ1v) is 10.0. The van der Waals surface area contributed by atoms with Gasteiger partial charge in [0.1, 0.15) is 5.75 Å². The van der Waals surface area contributed by atoms with Gasteiger partial charge in [-0.05, 0) is 55.3 Å². The fourth-order valence-electron chi connectivity index (χ4n) is 2.91. The number of hydrogen-bond donors (Lipinski definition) is 2. The molecule has 0 aliphatic rings. The monoisotopic (exact) mass is 402 g/mol. The third-order valence-corrected chi connectivity index (χ3v) is 4.67. The molecule has 0 radical (unpaired) electrons. The molecule has 1 unspecified atom stereocenters. The van der Waals surface area contributed by atoms with Crippen LogP contribution in [-0.4, -0.2) is 17.9 Å². The predicted molar refractivity (Wildman–Crippen MR) is 119 cm³/mol. The summed E-state index contributed by atoms with van der Waals surface area (Å²) in [5, 5.41) is 5.74. The Morgan fingerprint density at radius 1 is 0.900 bits per heavy atom. The van der Waals surface area contributed by atoms with E-state index >= 15 is 0 Å². The van der Waals surface area contributed by atoms with Crippen LogP contribution in [0.3, 0.4) is 0 Å². The molecule has 3 rings (SSSR count). The lowest BCUT2D eigenvalue weighted by Crippen LogP contribution is -2.32. The van der Waals surface area contributed by atoms with Gasteiger partial charge in [0.05, 0.1) is 0 Å². The zero-order valence-corrected chi connectivity index (χ0v) is 17.2. The van der Waals surface area contributed by atoms with Crippen LogP contribution in [0, 0.1) is 6.92 Å². The van der Waals surface area contributed by atoms with Crippen LogP contribution in [0.25, 0.3) is 0 Å². The molecule has 5 heteroatoms. The van der Waals surface area contributed by atoms with E-state index in [1.165, 1.54) is 0 Å². The van der Waals surface area contributed by atoms with E-state index in [0.717, 1.165) is 11.1 Å². The van der Waals surface area contributed by atoms with Crippen molar-refractivity contribution in [2.45, 2.75) is 32.9 Å². The van der Waals surface area contributed by atoms with Gasteiger partial charge < -0.3 is 15.4 Å². The number of hydrogen-bond acceptors (Lipinski definition) is 3. The normalized spacial score (nSPS) is 11.4. The smallest absolute Gasteiger partial charge is 0.265 e. The Hall–Kier alpha value is -3.60.